The van der Waals surface area contributed by atoms with Crippen molar-refractivity contribution in [3.8, 4) is 0 Å². The van der Waals surface area contributed by atoms with Crippen molar-refractivity contribution in [2.24, 2.45) is 0 Å². The molecule has 0 aliphatic rings. The third-order valence-corrected chi connectivity index (χ3v) is 4.41. The Morgan fingerprint density at radius 2 is 2.12 bits per heavy atom. The van der Waals surface area contributed by atoms with Crippen LogP contribution in [0.5, 0.6) is 0 Å². The molecule has 0 fully saturated rings. The van der Waals surface area contributed by atoms with Crippen molar-refractivity contribution < 1.29 is 17.6 Å². The highest BCUT2D eigenvalue weighted by Crippen LogP contribution is 2.19. The smallest absolute Gasteiger partial charge is 0.276 e. The van der Waals surface area contributed by atoms with Crippen molar-refractivity contribution >= 4 is 16.3 Å². The molecule has 0 amide bonds. The van der Waals surface area contributed by atoms with Crippen LogP contribution in [0.3, 0.4) is 0 Å². The van der Waals surface area contributed by atoms with Crippen LogP contribution in [0.2, 0.25) is 0 Å². The molecule has 5 nitrogen and oxygen atoms in total. The van der Waals surface area contributed by atoms with Gasteiger partial charge in [-0.2, -0.15) is 4.31 Å². The molecule has 0 aliphatic carbocycles. The van der Waals surface area contributed by atoms with Crippen LogP contribution in [0.25, 0.3) is 0 Å². The second-order valence-electron chi connectivity index (χ2n) is 3.55. The second kappa shape index (κ2) is 4.80. The van der Waals surface area contributed by atoms with Gasteiger partial charge in [-0.25, -0.2) is 8.42 Å². The Morgan fingerprint density at radius 1 is 1.50 bits per heavy atom. The molecule has 0 spiro atoms. The van der Waals surface area contributed by atoms with Gasteiger partial charge in [-0.05, 0) is 25.5 Å². The van der Waals surface area contributed by atoms with Gasteiger partial charge in [0.15, 0.2) is 12.0 Å². The summed E-state index contributed by atoms with van der Waals surface area (Å²) in [6, 6.07) is 2.51. The van der Waals surface area contributed by atoms with Crippen LogP contribution >= 0.6 is 0 Å². The molecule has 0 saturated carbocycles. The molecule has 1 aromatic heterocycles. The SMILES string of the molecule is CCC(C)N(C)S(=O)(=O)c1ccc(C=O)o1. The summed E-state index contributed by atoms with van der Waals surface area (Å²) in [7, 11) is -2.14. The second-order valence-corrected chi connectivity index (χ2v) is 5.48. The quantitative estimate of drug-likeness (QED) is 0.737. The molecule has 6 heteroatoms. The number of hydrogen-bond donors (Lipinski definition) is 0. The molecular weight excluding hydrogens is 230 g/mol. The highest BCUT2D eigenvalue weighted by Gasteiger charge is 2.27. The molecule has 16 heavy (non-hydrogen) atoms. The molecule has 0 bridgehead atoms. The van der Waals surface area contributed by atoms with Crippen LogP contribution in [0, 0.1) is 0 Å². The van der Waals surface area contributed by atoms with E-state index >= 15 is 0 Å². The number of furan rings is 1. The van der Waals surface area contributed by atoms with Crippen molar-refractivity contribution in [3.05, 3.63) is 17.9 Å². The maximum atomic E-state index is 12.0. The van der Waals surface area contributed by atoms with Gasteiger partial charge in [0, 0.05) is 13.1 Å². The van der Waals surface area contributed by atoms with E-state index in [1.807, 2.05) is 6.92 Å². The van der Waals surface area contributed by atoms with Crippen LogP contribution in [-0.2, 0) is 10.0 Å². The van der Waals surface area contributed by atoms with E-state index in [1.54, 1.807) is 6.92 Å². The molecular formula is C10H15NO4S. The van der Waals surface area contributed by atoms with Gasteiger partial charge in [-0.3, -0.25) is 4.79 Å². The molecule has 0 aromatic carbocycles. The van der Waals surface area contributed by atoms with Crippen molar-refractivity contribution in [2.75, 3.05) is 7.05 Å². The molecule has 0 aliphatic heterocycles. The minimum atomic E-state index is -3.63. The summed E-state index contributed by atoms with van der Waals surface area (Å²) < 4.78 is 30.1. The fraction of sp³-hybridized carbons (Fsp3) is 0.500. The molecule has 0 N–H and O–H groups in total. The highest BCUT2D eigenvalue weighted by molar-refractivity contribution is 7.89. The lowest BCUT2D eigenvalue weighted by Gasteiger charge is -2.21. The van der Waals surface area contributed by atoms with E-state index in [1.165, 1.54) is 23.5 Å². The Morgan fingerprint density at radius 3 is 2.56 bits per heavy atom. The van der Waals surface area contributed by atoms with Gasteiger partial charge in [-0.1, -0.05) is 6.92 Å². The maximum absolute atomic E-state index is 12.0. The minimum absolute atomic E-state index is 0.0103. The van der Waals surface area contributed by atoms with Crippen molar-refractivity contribution in [2.45, 2.75) is 31.4 Å². The molecule has 90 valence electrons. The molecule has 0 saturated heterocycles. The Hall–Kier alpha value is -1.14. The van der Waals surface area contributed by atoms with Gasteiger partial charge in [0.25, 0.3) is 10.0 Å². The highest BCUT2D eigenvalue weighted by atomic mass is 32.2. The molecule has 0 radical (unpaired) electrons. The van der Waals surface area contributed by atoms with Crippen LogP contribution in [0.15, 0.2) is 21.6 Å². The van der Waals surface area contributed by atoms with Crippen LogP contribution in [0.1, 0.15) is 30.8 Å². The first-order chi connectivity index (χ1) is 7.43. The fourth-order valence-electron chi connectivity index (χ4n) is 1.17. The molecule has 1 unspecified atom stereocenters. The zero-order valence-electron chi connectivity index (χ0n) is 9.50. The van der Waals surface area contributed by atoms with Gasteiger partial charge >= 0.3 is 0 Å². The zero-order valence-corrected chi connectivity index (χ0v) is 10.3. The average molecular weight is 245 g/mol. The van der Waals surface area contributed by atoms with Gasteiger partial charge in [-0.15, -0.1) is 0 Å². The zero-order chi connectivity index (χ0) is 12.3. The number of aldehydes is 1. The number of rotatable bonds is 5. The summed E-state index contributed by atoms with van der Waals surface area (Å²) in [5, 5.41) is -0.197. The summed E-state index contributed by atoms with van der Waals surface area (Å²) in [5.74, 6) is 0.0103. The number of nitrogens with zero attached hydrogens (tertiary/aromatic N) is 1. The topological polar surface area (TPSA) is 67.6 Å². The third-order valence-electron chi connectivity index (χ3n) is 2.56. The van der Waals surface area contributed by atoms with Crippen molar-refractivity contribution in [1.29, 1.82) is 0 Å². The number of sulfonamides is 1. The van der Waals surface area contributed by atoms with E-state index in [-0.39, 0.29) is 16.9 Å². The van der Waals surface area contributed by atoms with Gasteiger partial charge in [0.1, 0.15) is 0 Å². The van der Waals surface area contributed by atoms with E-state index in [9.17, 15) is 13.2 Å². The minimum Gasteiger partial charge on any atom is -0.440 e. The fourth-order valence-corrected chi connectivity index (χ4v) is 2.52. The van der Waals surface area contributed by atoms with E-state index in [4.69, 9.17) is 4.42 Å². The Bertz CT molecular complexity index is 463. The molecule has 1 rings (SSSR count). The van der Waals surface area contributed by atoms with Crippen LogP contribution < -0.4 is 0 Å². The van der Waals surface area contributed by atoms with Crippen LogP contribution in [-0.4, -0.2) is 32.1 Å². The predicted molar refractivity (Wildman–Crippen MR) is 58.8 cm³/mol. The van der Waals surface area contributed by atoms with Crippen LogP contribution in [0.4, 0.5) is 0 Å². The van der Waals surface area contributed by atoms with Gasteiger partial charge in [0.2, 0.25) is 5.09 Å². The summed E-state index contributed by atoms with van der Waals surface area (Å²) in [6.07, 6.45) is 1.18. The lowest BCUT2D eigenvalue weighted by molar-refractivity contribution is 0.109. The molecule has 1 heterocycles. The summed E-state index contributed by atoms with van der Waals surface area (Å²) in [5.41, 5.74) is 0. The first kappa shape index (κ1) is 12.9. The maximum Gasteiger partial charge on any atom is 0.276 e. The summed E-state index contributed by atoms with van der Waals surface area (Å²) in [6.45, 7) is 3.71. The first-order valence-electron chi connectivity index (χ1n) is 4.96. The molecule has 1 atom stereocenters. The molecule has 1 aromatic rings. The van der Waals surface area contributed by atoms with Crippen molar-refractivity contribution in [1.82, 2.24) is 4.31 Å². The lowest BCUT2D eigenvalue weighted by atomic mass is 10.3. The lowest BCUT2D eigenvalue weighted by Crippen LogP contribution is -2.34. The standard InChI is InChI=1S/C10H15NO4S/c1-4-8(2)11(3)16(13,14)10-6-5-9(7-12)15-10/h5-8H,4H2,1-3H3. The Balaban J connectivity index is 3.06. The largest absolute Gasteiger partial charge is 0.440 e. The number of hydrogen-bond acceptors (Lipinski definition) is 4. The monoisotopic (exact) mass is 245 g/mol. The Labute approximate surface area is 95.1 Å². The average Bonchev–Trinajstić information content (AvgIpc) is 2.75. The number of carbonyl (C=O) groups is 1. The van der Waals surface area contributed by atoms with E-state index in [2.05, 4.69) is 0 Å². The summed E-state index contributed by atoms with van der Waals surface area (Å²) >= 11 is 0. The third kappa shape index (κ3) is 2.33. The van der Waals surface area contributed by atoms with E-state index < -0.39 is 10.0 Å². The van der Waals surface area contributed by atoms with E-state index in [0.29, 0.717) is 12.7 Å². The Kier molecular flexibility index (Phi) is 3.88. The number of carbonyl (C=O) groups excluding carboxylic acids is 1. The van der Waals surface area contributed by atoms with Crippen molar-refractivity contribution in [3.63, 3.8) is 0 Å². The predicted octanol–water partition coefficient (Wildman–Crippen LogP) is 1.51. The van der Waals surface area contributed by atoms with Gasteiger partial charge in [0.05, 0.1) is 0 Å². The van der Waals surface area contributed by atoms with Gasteiger partial charge < -0.3 is 4.42 Å². The normalized spacial score (nSPS) is 14.0. The van der Waals surface area contributed by atoms with E-state index in [0.717, 1.165) is 0 Å². The summed E-state index contributed by atoms with van der Waals surface area (Å²) in [4.78, 5) is 10.4. The first-order valence-corrected chi connectivity index (χ1v) is 6.40.